The van der Waals surface area contributed by atoms with Gasteiger partial charge in [-0.25, -0.2) is 8.78 Å². The highest BCUT2D eigenvalue weighted by Crippen LogP contribution is 2.33. The number of rotatable bonds is 4. The van der Waals surface area contributed by atoms with Crippen LogP contribution in [0.5, 0.6) is 0 Å². The summed E-state index contributed by atoms with van der Waals surface area (Å²) in [4.78, 5) is 0. The first kappa shape index (κ1) is 22.0. The Hall–Kier alpha value is -0.340. The number of aliphatic hydroxyl groups excluding tert-OH is 1. The van der Waals surface area contributed by atoms with E-state index in [1.165, 1.54) is 0 Å². The van der Waals surface area contributed by atoms with Crippen LogP contribution in [0.2, 0.25) is 0 Å². The van der Waals surface area contributed by atoms with Crippen LogP contribution in [-0.2, 0) is 18.9 Å². The molecule has 0 aromatic heterocycles. The van der Waals surface area contributed by atoms with E-state index in [0.29, 0.717) is 6.61 Å². The van der Waals surface area contributed by atoms with Crippen LogP contribution in [0.25, 0.3) is 0 Å². The van der Waals surface area contributed by atoms with Gasteiger partial charge in [0, 0.05) is 18.4 Å². The predicted octanol–water partition coefficient (Wildman–Crippen LogP) is 3.73. The van der Waals surface area contributed by atoms with Gasteiger partial charge in [0.1, 0.15) is 0 Å². The van der Waals surface area contributed by atoms with E-state index in [0.717, 1.165) is 32.1 Å². The molecule has 5 nitrogen and oxygen atoms in total. The first-order chi connectivity index (χ1) is 12.4. The molecule has 0 bridgehead atoms. The van der Waals surface area contributed by atoms with E-state index < -0.39 is 24.9 Å². The monoisotopic (exact) mass is 380 g/mol. The Bertz CT molecular complexity index is 407. The third kappa shape index (κ3) is 5.35. The van der Waals surface area contributed by atoms with Gasteiger partial charge >= 0.3 is 0 Å². The number of aliphatic hydroxyl groups is 1. The van der Waals surface area contributed by atoms with E-state index in [9.17, 15) is 8.78 Å². The van der Waals surface area contributed by atoms with Crippen molar-refractivity contribution >= 4 is 0 Å². The zero-order valence-corrected chi connectivity index (χ0v) is 16.3. The molecule has 26 heavy (non-hydrogen) atoms. The molecule has 3 unspecified atom stereocenters. The summed E-state index contributed by atoms with van der Waals surface area (Å²) in [5.74, 6) is -0.251. The molecular weight excluding hydrogens is 346 g/mol. The molecule has 0 aromatic carbocycles. The zero-order chi connectivity index (χ0) is 19.3. The van der Waals surface area contributed by atoms with Gasteiger partial charge in [0.25, 0.3) is 0 Å². The molecule has 3 saturated heterocycles. The SMILES string of the molecule is CC[C@H]1OC(O)[C@@H](F)[C@@H]1C.CC[C@H]1OC(OC2CCCCO2)[C@@H](F)[C@@H]1C. The fraction of sp³-hybridized carbons (Fsp3) is 1.00. The van der Waals surface area contributed by atoms with Crippen molar-refractivity contribution in [3.63, 3.8) is 0 Å². The summed E-state index contributed by atoms with van der Waals surface area (Å²) >= 11 is 0. The van der Waals surface area contributed by atoms with E-state index in [1.807, 2.05) is 20.8 Å². The molecule has 3 aliphatic rings. The molecule has 0 saturated carbocycles. The Labute approximate surface area is 155 Å². The highest BCUT2D eigenvalue weighted by Gasteiger charge is 2.43. The second-order valence-electron chi connectivity index (χ2n) is 7.46. The summed E-state index contributed by atoms with van der Waals surface area (Å²) in [5, 5.41) is 8.87. The van der Waals surface area contributed by atoms with Gasteiger partial charge in [-0.15, -0.1) is 0 Å². The van der Waals surface area contributed by atoms with Crippen molar-refractivity contribution < 1.29 is 32.8 Å². The molecule has 3 rings (SSSR count). The van der Waals surface area contributed by atoms with Crippen molar-refractivity contribution in [3.05, 3.63) is 0 Å². The molecule has 0 amide bonds. The van der Waals surface area contributed by atoms with E-state index in [4.69, 9.17) is 24.1 Å². The van der Waals surface area contributed by atoms with Gasteiger partial charge in [-0.05, 0) is 32.1 Å². The third-order valence-electron chi connectivity index (χ3n) is 5.56. The normalized spacial score (nSPS) is 46.0. The summed E-state index contributed by atoms with van der Waals surface area (Å²) in [5.41, 5.74) is 0. The smallest absolute Gasteiger partial charge is 0.192 e. The van der Waals surface area contributed by atoms with Crippen LogP contribution >= 0.6 is 0 Å². The molecule has 3 aliphatic heterocycles. The van der Waals surface area contributed by atoms with E-state index >= 15 is 0 Å². The summed E-state index contributed by atoms with van der Waals surface area (Å²) < 4.78 is 48.1. The molecule has 7 heteroatoms. The minimum absolute atomic E-state index is 0.0245. The fourth-order valence-electron chi connectivity index (χ4n) is 3.68. The Morgan fingerprint density at radius 2 is 1.58 bits per heavy atom. The zero-order valence-electron chi connectivity index (χ0n) is 16.3. The van der Waals surface area contributed by atoms with Gasteiger partial charge in [0.05, 0.1) is 12.2 Å². The first-order valence-corrected chi connectivity index (χ1v) is 9.93. The van der Waals surface area contributed by atoms with Gasteiger partial charge in [-0.3, -0.25) is 0 Å². The van der Waals surface area contributed by atoms with Gasteiger partial charge in [-0.2, -0.15) is 0 Å². The predicted molar refractivity (Wildman–Crippen MR) is 92.9 cm³/mol. The van der Waals surface area contributed by atoms with Crippen molar-refractivity contribution in [2.75, 3.05) is 6.61 Å². The Morgan fingerprint density at radius 3 is 2.00 bits per heavy atom. The third-order valence-corrected chi connectivity index (χ3v) is 5.56. The lowest BCUT2D eigenvalue weighted by Gasteiger charge is -2.26. The maximum atomic E-state index is 13.9. The number of alkyl halides is 2. The first-order valence-electron chi connectivity index (χ1n) is 9.93. The molecule has 9 atom stereocenters. The average molecular weight is 380 g/mol. The molecule has 154 valence electrons. The van der Waals surface area contributed by atoms with Crippen LogP contribution in [-0.4, -0.2) is 55.1 Å². The summed E-state index contributed by atoms with van der Waals surface area (Å²) in [7, 11) is 0. The van der Waals surface area contributed by atoms with E-state index in [2.05, 4.69) is 0 Å². The van der Waals surface area contributed by atoms with Crippen LogP contribution in [0.1, 0.15) is 59.8 Å². The second kappa shape index (κ2) is 10.3. The van der Waals surface area contributed by atoms with Crippen LogP contribution in [0.15, 0.2) is 0 Å². The van der Waals surface area contributed by atoms with Crippen molar-refractivity contribution in [2.24, 2.45) is 11.8 Å². The van der Waals surface area contributed by atoms with E-state index in [1.54, 1.807) is 6.92 Å². The number of hydrogen-bond acceptors (Lipinski definition) is 5. The second-order valence-corrected chi connectivity index (χ2v) is 7.46. The largest absolute Gasteiger partial charge is 0.366 e. The van der Waals surface area contributed by atoms with Crippen molar-refractivity contribution in [3.8, 4) is 0 Å². The molecule has 0 spiro atoms. The van der Waals surface area contributed by atoms with Gasteiger partial charge in [-0.1, -0.05) is 27.7 Å². The average Bonchev–Trinajstić information content (AvgIpc) is 3.07. The van der Waals surface area contributed by atoms with Crippen LogP contribution in [0.4, 0.5) is 8.78 Å². The Balaban J connectivity index is 0.000000209. The molecule has 0 aliphatic carbocycles. The lowest BCUT2D eigenvalue weighted by molar-refractivity contribution is -0.259. The lowest BCUT2D eigenvalue weighted by atomic mass is 10.0. The minimum Gasteiger partial charge on any atom is -0.366 e. The van der Waals surface area contributed by atoms with Crippen LogP contribution in [0, 0.1) is 11.8 Å². The van der Waals surface area contributed by atoms with Crippen LogP contribution in [0.3, 0.4) is 0 Å². The van der Waals surface area contributed by atoms with Crippen molar-refractivity contribution in [1.82, 2.24) is 0 Å². The van der Waals surface area contributed by atoms with Gasteiger partial charge < -0.3 is 24.1 Å². The number of halogens is 2. The van der Waals surface area contributed by atoms with Gasteiger partial charge in [0.15, 0.2) is 31.2 Å². The highest BCUT2D eigenvalue weighted by atomic mass is 19.1. The topological polar surface area (TPSA) is 57.2 Å². The van der Waals surface area contributed by atoms with E-state index in [-0.39, 0.29) is 30.3 Å². The maximum Gasteiger partial charge on any atom is 0.192 e. The lowest BCUT2D eigenvalue weighted by Crippen LogP contribution is -2.32. The minimum atomic E-state index is -1.20. The Kier molecular flexibility index (Phi) is 8.67. The molecule has 3 heterocycles. The Morgan fingerprint density at radius 1 is 0.962 bits per heavy atom. The molecular formula is C19H34F2O5. The van der Waals surface area contributed by atoms with Crippen molar-refractivity contribution in [2.45, 2.75) is 103 Å². The number of hydrogen-bond donors (Lipinski definition) is 1. The quantitative estimate of drug-likeness (QED) is 0.805. The van der Waals surface area contributed by atoms with Crippen molar-refractivity contribution in [1.29, 1.82) is 0 Å². The number of ether oxygens (including phenoxy) is 4. The van der Waals surface area contributed by atoms with Crippen LogP contribution < -0.4 is 0 Å². The molecule has 3 fully saturated rings. The summed E-state index contributed by atoms with van der Waals surface area (Å²) in [6.07, 6.45) is 0.0138. The molecule has 0 aromatic rings. The van der Waals surface area contributed by atoms with Gasteiger partial charge in [0.2, 0.25) is 0 Å². The maximum absolute atomic E-state index is 13.9. The standard InChI is InChI=1S/C12H21FO3.C7H13FO2/c1-3-9-8(2)11(13)12(15-9)16-10-6-4-5-7-14-10;1-3-5-4(2)6(8)7(9)10-5/h8-12H,3-7H2,1-2H3;4-7,9H,3H2,1-2H3/t8-,9-,10?,11+,12?;4-,5-,6+,7?/m11/s1. The summed E-state index contributed by atoms with van der Waals surface area (Å²) in [6.45, 7) is 8.28. The summed E-state index contributed by atoms with van der Waals surface area (Å²) in [6, 6.07) is 0. The fourth-order valence-corrected chi connectivity index (χ4v) is 3.68. The molecule has 1 N–H and O–H groups in total. The highest BCUT2D eigenvalue weighted by molar-refractivity contribution is 4.84. The molecule has 0 radical (unpaired) electrons.